The summed E-state index contributed by atoms with van der Waals surface area (Å²) < 4.78 is 9.33. The molecule has 1 saturated carbocycles. The van der Waals surface area contributed by atoms with Crippen LogP contribution in [0.4, 0.5) is 0 Å². The number of nitrogens with one attached hydrogen (secondary N) is 1. The number of H-pyrrole nitrogens is 1. The highest BCUT2D eigenvalue weighted by atomic mass is 32.1. The molecule has 0 radical (unpaired) electrons. The van der Waals surface area contributed by atoms with Gasteiger partial charge in [0, 0.05) is 43.4 Å². The summed E-state index contributed by atoms with van der Waals surface area (Å²) >= 11 is 1.70. The first kappa shape index (κ1) is 26.9. The van der Waals surface area contributed by atoms with Gasteiger partial charge in [-0.25, -0.2) is 4.68 Å². The van der Waals surface area contributed by atoms with Crippen molar-refractivity contribution in [3.8, 4) is 5.75 Å². The zero-order chi connectivity index (χ0) is 29.4. The Kier molecular flexibility index (Phi) is 6.07. The van der Waals surface area contributed by atoms with E-state index < -0.39 is 17.3 Å². The van der Waals surface area contributed by atoms with E-state index >= 15 is 0 Å². The molecule has 5 aromatic rings. The van der Waals surface area contributed by atoms with Crippen LogP contribution in [0.15, 0.2) is 52.6 Å². The highest BCUT2D eigenvalue weighted by Gasteiger charge is 2.49. The van der Waals surface area contributed by atoms with Gasteiger partial charge in [0.25, 0.3) is 0 Å². The third-order valence-electron chi connectivity index (χ3n) is 9.03. The van der Waals surface area contributed by atoms with E-state index in [1.54, 1.807) is 35.9 Å². The molecule has 4 heterocycles. The van der Waals surface area contributed by atoms with Gasteiger partial charge in [0.05, 0.1) is 16.6 Å². The van der Waals surface area contributed by atoms with Crippen molar-refractivity contribution in [1.82, 2.24) is 24.9 Å². The van der Waals surface area contributed by atoms with E-state index in [0.717, 1.165) is 69.5 Å². The Bertz CT molecular complexity index is 1930. The van der Waals surface area contributed by atoms with Crippen LogP contribution in [0.2, 0.25) is 0 Å². The highest BCUT2D eigenvalue weighted by Crippen LogP contribution is 2.47. The Morgan fingerprint density at radius 2 is 2.02 bits per heavy atom. The topological polar surface area (TPSA) is 113 Å². The fraction of sp³-hybridized carbons (Fsp3) is 0.375. The van der Waals surface area contributed by atoms with Gasteiger partial charge in [-0.1, -0.05) is 17.3 Å². The molecule has 2 aliphatic rings. The molecule has 1 aliphatic carbocycles. The van der Waals surface area contributed by atoms with E-state index in [2.05, 4.69) is 43.8 Å². The molecule has 2 N–H and O–H groups in total. The fourth-order valence-electron chi connectivity index (χ4n) is 6.56. The zero-order valence-electron chi connectivity index (χ0n) is 24.1. The molecule has 216 valence electrons. The van der Waals surface area contributed by atoms with Gasteiger partial charge in [-0.15, -0.1) is 16.4 Å². The summed E-state index contributed by atoms with van der Waals surface area (Å²) in [5.41, 5.74) is 4.98. The van der Waals surface area contributed by atoms with Crippen LogP contribution in [0.5, 0.6) is 5.75 Å². The summed E-state index contributed by atoms with van der Waals surface area (Å²) in [5.74, 6) is -0.537. The van der Waals surface area contributed by atoms with Gasteiger partial charge in [-0.05, 0) is 90.9 Å². The molecule has 1 atom stereocenters. The minimum absolute atomic E-state index is 0.138. The minimum Gasteiger partial charge on any atom is -0.484 e. The third kappa shape index (κ3) is 4.40. The van der Waals surface area contributed by atoms with E-state index in [4.69, 9.17) is 4.74 Å². The summed E-state index contributed by atoms with van der Waals surface area (Å²) in [6.07, 6.45) is 1.96. The second-order valence-electron chi connectivity index (χ2n) is 12.4. The summed E-state index contributed by atoms with van der Waals surface area (Å²) in [5, 5.41) is 22.3. The molecule has 1 fully saturated rings. The van der Waals surface area contributed by atoms with Gasteiger partial charge < -0.3 is 14.8 Å². The van der Waals surface area contributed by atoms with Gasteiger partial charge in [0.2, 0.25) is 5.56 Å². The number of aliphatic carboxylic acids is 1. The van der Waals surface area contributed by atoms with Gasteiger partial charge in [0.15, 0.2) is 0 Å². The van der Waals surface area contributed by atoms with Crippen LogP contribution >= 0.6 is 11.3 Å². The lowest BCUT2D eigenvalue weighted by Crippen LogP contribution is -2.34. The minimum atomic E-state index is -1.10. The molecule has 9 nitrogen and oxygen atoms in total. The number of rotatable bonds is 6. The van der Waals surface area contributed by atoms with Crippen molar-refractivity contribution < 1.29 is 14.6 Å². The number of thiophene rings is 1. The molecule has 0 saturated heterocycles. The first-order valence-electron chi connectivity index (χ1n) is 14.2. The Morgan fingerprint density at radius 3 is 2.79 bits per heavy atom. The van der Waals surface area contributed by atoms with Crippen LogP contribution in [0.3, 0.4) is 0 Å². The van der Waals surface area contributed by atoms with Crippen LogP contribution in [0, 0.1) is 12.3 Å². The number of pyridine rings is 1. The normalized spacial score (nSPS) is 17.2. The Balaban J connectivity index is 1.35. The maximum absolute atomic E-state index is 12.8. The molecule has 0 bridgehead atoms. The Labute approximate surface area is 246 Å². The average molecular weight is 584 g/mol. The third-order valence-corrected chi connectivity index (χ3v) is 10.0. The number of aromatic amines is 1. The summed E-state index contributed by atoms with van der Waals surface area (Å²) in [6, 6.07) is 13.8. The van der Waals surface area contributed by atoms with E-state index in [1.807, 2.05) is 26.1 Å². The number of carboxylic acids is 1. The molecule has 1 spiro atoms. The number of aryl methyl sites for hydroxylation is 2. The van der Waals surface area contributed by atoms with Crippen LogP contribution < -0.4 is 10.3 Å². The lowest BCUT2D eigenvalue weighted by atomic mass is 9.69. The summed E-state index contributed by atoms with van der Waals surface area (Å²) in [4.78, 5) is 30.3. The smallest absolute Gasteiger partial charge is 0.310 e. The monoisotopic (exact) mass is 583 g/mol. The number of ether oxygens (including phenoxy) is 1. The Morgan fingerprint density at radius 1 is 1.21 bits per heavy atom. The van der Waals surface area contributed by atoms with Gasteiger partial charge in [-0.2, -0.15) is 0 Å². The number of fused-ring (bicyclic) bond motifs is 3. The quantitative estimate of drug-likeness (QED) is 0.277. The van der Waals surface area contributed by atoms with Crippen molar-refractivity contribution in [2.45, 2.75) is 58.2 Å². The maximum Gasteiger partial charge on any atom is 0.310 e. The number of aromatic nitrogens is 4. The number of hydrogen-bond acceptors (Lipinski definition) is 7. The number of hydrogen-bond donors (Lipinski definition) is 2. The van der Waals surface area contributed by atoms with Crippen molar-refractivity contribution in [2.75, 3.05) is 6.54 Å². The second kappa shape index (κ2) is 9.50. The molecule has 1 aliphatic heterocycles. The van der Waals surface area contributed by atoms with Crippen LogP contribution in [-0.4, -0.2) is 48.1 Å². The van der Waals surface area contributed by atoms with Crippen molar-refractivity contribution >= 4 is 38.4 Å². The van der Waals surface area contributed by atoms with Crippen LogP contribution in [0.1, 0.15) is 60.6 Å². The van der Waals surface area contributed by atoms with Crippen LogP contribution in [-0.2, 0) is 24.9 Å². The molecule has 0 amide bonds. The SMILES string of the molecule is Cc1c([C@@H](c2cc(CN3Cc4[nH]c(=O)ccc4OC4(CC4)C3)c3sccc3c2)C(C)(C)C(=O)O)ccc2c1nnn2C. The molecule has 42 heavy (non-hydrogen) atoms. The lowest BCUT2D eigenvalue weighted by Gasteiger charge is -2.33. The van der Waals surface area contributed by atoms with E-state index in [-0.39, 0.29) is 11.2 Å². The van der Waals surface area contributed by atoms with Crippen molar-refractivity contribution in [1.29, 1.82) is 0 Å². The van der Waals surface area contributed by atoms with Gasteiger partial charge >= 0.3 is 5.97 Å². The molecule has 7 rings (SSSR count). The first-order chi connectivity index (χ1) is 20.0. The second-order valence-corrected chi connectivity index (χ2v) is 13.4. The van der Waals surface area contributed by atoms with Crippen molar-refractivity contribution in [3.05, 3.63) is 86.1 Å². The predicted molar refractivity (Wildman–Crippen MR) is 162 cm³/mol. The maximum atomic E-state index is 12.8. The number of nitrogens with zero attached hydrogens (tertiary/aromatic N) is 4. The van der Waals surface area contributed by atoms with E-state index in [1.165, 1.54) is 10.8 Å². The van der Waals surface area contributed by atoms with Gasteiger partial charge in [0.1, 0.15) is 16.9 Å². The molecule has 3 aromatic heterocycles. The molecular formula is C32H33N5O4S. The Hall–Kier alpha value is -4.02. The number of benzene rings is 2. The number of carbonyl (C=O) groups is 1. The van der Waals surface area contributed by atoms with E-state index in [9.17, 15) is 14.7 Å². The summed E-state index contributed by atoms with van der Waals surface area (Å²) in [6.45, 7) is 7.58. The molecular weight excluding hydrogens is 550 g/mol. The molecule has 10 heteroatoms. The highest BCUT2D eigenvalue weighted by molar-refractivity contribution is 7.17. The van der Waals surface area contributed by atoms with Gasteiger partial charge in [-0.3, -0.25) is 14.5 Å². The molecule has 2 aromatic carbocycles. The average Bonchev–Trinajstić information content (AvgIpc) is 3.36. The first-order valence-corrected chi connectivity index (χ1v) is 15.1. The molecule has 0 unspecified atom stereocenters. The standard InChI is InChI=1S/C32H33N5O4S/c1-18-22(5-6-24-28(18)34-35-36(24)4)27(31(2,3)30(39)40)20-13-19-9-12-42-29(19)21(14-20)15-37-16-23-25(7-8-26(38)33-23)41-32(17-37)10-11-32/h5-9,12-14,27H,10-11,15-17H2,1-4H3,(H,33,38)(H,39,40)/t27-/m1/s1. The fourth-order valence-corrected chi connectivity index (χ4v) is 7.45. The zero-order valence-corrected chi connectivity index (χ0v) is 24.9. The van der Waals surface area contributed by atoms with E-state index in [0.29, 0.717) is 13.1 Å². The van der Waals surface area contributed by atoms with Crippen molar-refractivity contribution in [2.24, 2.45) is 12.5 Å². The predicted octanol–water partition coefficient (Wildman–Crippen LogP) is 5.35. The number of carboxylic acid groups (broad SMARTS) is 1. The lowest BCUT2D eigenvalue weighted by molar-refractivity contribution is -0.147. The largest absolute Gasteiger partial charge is 0.484 e. The van der Waals surface area contributed by atoms with Crippen LogP contribution in [0.25, 0.3) is 21.1 Å². The van der Waals surface area contributed by atoms with Crippen molar-refractivity contribution in [3.63, 3.8) is 0 Å². The summed E-state index contributed by atoms with van der Waals surface area (Å²) in [7, 11) is 1.86.